The lowest BCUT2D eigenvalue weighted by Gasteiger charge is -2.24. The number of nitrogens with zero attached hydrogens (tertiary/aromatic N) is 1. The highest BCUT2D eigenvalue weighted by atomic mass is 15.1. The van der Waals surface area contributed by atoms with E-state index in [-0.39, 0.29) is 11.0 Å². The van der Waals surface area contributed by atoms with Gasteiger partial charge in [-0.1, -0.05) is 75.5 Å². The molecule has 2 aromatic carbocycles. The van der Waals surface area contributed by atoms with Crippen LogP contribution in [0.2, 0.25) is 0 Å². The van der Waals surface area contributed by atoms with Crippen molar-refractivity contribution in [1.82, 2.24) is 0 Å². The molecule has 1 unspecified atom stereocenters. The molecular weight excluding hydrogens is 338 g/mol. The van der Waals surface area contributed by atoms with Crippen LogP contribution in [0.5, 0.6) is 0 Å². The molecule has 0 bridgehead atoms. The van der Waals surface area contributed by atoms with Crippen LogP contribution >= 0.6 is 0 Å². The van der Waals surface area contributed by atoms with Gasteiger partial charge in [0.2, 0.25) is 5.69 Å². The Bertz CT molecular complexity index is 1020. The second kappa shape index (κ2) is 7.54. The highest BCUT2D eigenvalue weighted by molar-refractivity contribution is 5.84. The molecule has 1 atom stereocenters. The molecule has 146 valence electrons. The van der Waals surface area contributed by atoms with Crippen LogP contribution < -0.4 is 10.4 Å². The SMILES string of the molecule is C=C/C(=c1/ccccc1=C)C1(C)C=[N+](c2c(CC)cccc2CC)C(C)(C)C1. The quantitative estimate of drug-likeness (QED) is 0.638. The molecule has 1 heteroatoms. The van der Waals surface area contributed by atoms with Crippen molar-refractivity contribution in [2.24, 2.45) is 5.41 Å². The van der Waals surface area contributed by atoms with Crippen molar-refractivity contribution < 1.29 is 4.58 Å². The first-order valence-corrected chi connectivity index (χ1v) is 10.4. The predicted molar refractivity (Wildman–Crippen MR) is 123 cm³/mol. The lowest BCUT2D eigenvalue weighted by Crippen LogP contribution is -2.33. The van der Waals surface area contributed by atoms with E-state index in [0.29, 0.717) is 0 Å². The van der Waals surface area contributed by atoms with E-state index in [9.17, 15) is 0 Å². The van der Waals surface area contributed by atoms with E-state index in [1.54, 1.807) is 0 Å². The second-order valence-corrected chi connectivity index (χ2v) is 8.81. The minimum absolute atomic E-state index is 0.0221. The highest BCUT2D eigenvalue weighted by Gasteiger charge is 2.50. The molecular formula is C27H34N+. The predicted octanol–water partition coefficient (Wildman–Crippen LogP) is 5.16. The molecule has 0 saturated heterocycles. The average Bonchev–Trinajstić information content (AvgIpc) is 2.92. The van der Waals surface area contributed by atoms with Crippen molar-refractivity contribution >= 4 is 24.1 Å². The van der Waals surface area contributed by atoms with E-state index >= 15 is 0 Å². The van der Waals surface area contributed by atoms with Crippen molar-refractivity contribution in [1.29, 1.82) is 0 Å². The Hall–Kier alpha value is -2.41. The van der Waals surface area contributed by atoms with Gasteiger partial charge in [0.15, 0.2) is 11.8 Å². The minimum Gasteiger partial charge on any atom is -0.197 e. The molecule has 0 fully saturated rings. The van der Waals surface area contributed by atoms with Crippen molar-refractivity contribution in [3.63, 3.8) is 0 Å². The third-order valence-corrected chi connectivity index (χ3v) is 6.20. The van der Waals surface area contributed by atoms with Crippen molar-refractivity contribution in [2.75, 3.05) is 0 Å². The molecule has 0 aromatic heterocycles. The summed E-state index contributed by atoms with van der Waals surface area (Å²) < 4.78 is 2.54. The molecule has 1 heterocycles. The van der Waals surface area contributed by atoms with Gasteiger partial charge < -0.3 is 0 Å². The molecule has 2 aromatic rings. The summed E-state index contributed by atoms with van der Waals surface area (Å²) in [5, 5.41) is 2.26. The van der Waals surface area contributed by atoms with Crippen LogP contribution in [0.1, 0.15) is 52.2 Å². The van der Waals surface area contributed by atoms with Crippen LogP contribution in [0.3, 0.4) is 0 Å². The van der Waals surface area contributed by atoms with Crippen LogP contribution in [-0.4, -0.2) is 16.3 Å². The molecule has 1 nitrogen and oxygen atoms in total. The zero-order chi connectivity index (χ0) is 20.5. The molecule has 0 radical (unpaired) electrons. The number of allylic oxidation sites excluding steroid dienone is 1. The smallest absolute Gasteiger partial charge is 0.197 e. The highest BCUT2D eigenvalue weighted by Crippen LogP contribution is 2.45. The number of rotatable bonds is 5. The standard InChI is InChI=1S/C27H34N/c1-8-21-15-13-16-22(9-2)25(21)28-19-27(7,18-26(28,5)6)24(10-3)23-17-12-11-14-20(23)4/h10-17,19H,3-4,8-9,18H2,1-2,5-7H3/q+1/b24-23+. The van der Waals surface area contributed by atoms with Gasteiger partial charge in [-0.2, -0.15) is 4.58 Å². The molecule has 0 amide bonds. The Morgan fingerprint density at radius 1 is 1.00 bits per heavy atom. The number of aryl methyl sites for hydroxylation is 2. The zero-order valence-corrected chi connectivity index (χ0v) is 18.2. The molecule has 3 rings (SSSR count). The normalized spacial score (nSPS) is 22.0. The second-order valence-electron chi connectivity index (χ2n) is 8.81. The van der Waals surface area contributed by atoms with Gasteiger partial charge in [0.05, 0.1) is 5.41 Å². The molecule has 1 aliphatic rings. The Morgan fingerprint density at radius 3 is 2.14 bits per heavy atom. The first-order valence-electron chi connectivity index (χ1n) is 10.4. The van der Waals surface area contributed by atoms with Gasteiger partial charge in [-0.05, 0) is 35.8 Å². The average molecular weight is 373 g/mol. The monoisotopic (exact) mass is 372 g/mol. The summed E-state index contributed by atoms with van der Waals surface area (Å²) in [5.74, 6) is 0. The molecule has 0 N–H and O–H groups in total. The summed E-state index contributed by atoms with van der Waals surface area (Å²) in [7, 11) is 0. The maximum atomic E-state index is 4.26. The third-order valence-electron chi connectivity index (χ3n) is 6.20. The van der Waals surface area contributed by atoms with Crippen LogP contribution in [-0.2, 0) is 12.8 Å². The van der Waals surface area contributed by atoms with Crippen molar-refractivity contribution in [2.45, 2.75) is 59.4 Å². The van der Waals surface area contributed by atoms with Gasteiger partial charge in [0.1, 0.15) is 0 Å². The fourth-order valence-corrected chi connectivity index (χ4v) is 4.98. The summed E-state index contributed by atoms with van der Waals surface area (Å²) >= 11 is 0. The third kappa shape index (κ3) is 3.39. The molecule has 0 spiro atoms. The summed E-state index contributed by atoms with van der Waals surface area (Å²) in [6.45, 7) is 20.0. The van der Waals surface area contributed by atoms with Gasteiger partial charge in [0.25, 0.3) is 0 Å². The molecule has 0 saturated carbocycles. The van der Waals surface area contributed by atoms with Crippen LogP contribution in [0.4, 0.5) is 5.69 Å². The van der Waals surface area contributed by atoms with Crippen molar-refractivity contribution in [3.05, 3.63) is 76.7 Å². The molecule has 1 aliphatic heterocycles. The summed E-state index contributed by atoms with van der Waals surface area (Å²) in [5.41, 5.74) is 5.43. The lowest BCUT2D eigenvalue weighted by atomic mass is 9.76. The minimum atomic E-state index is -0.0924. The van der Waals surface area contributed by atoms with Crippen LogP contribution in [0.15, 0.2) is 55.1 Å². The summed E-state index contributed by atoms with van der Waals surface area (Å²) in [4.78, 5) is 0. The Kier molecular flexibility index (Phi) is 5.48. The molecule has 0 aliphatic carbocycles. The topological polar surface area (TPSA) is 3.01 Å². The Labute approximate surface area is 170 Å². The Morgan fingerprint density at radius 2 is 1.61 bits per heavy atom. The van der Waals surface area contributed by atoms with Gasteiger partial charge >= 0.3 is 0 Å². The van der Waals surface area contributed by atoms with Crippen molar-refractivity contribution in [3.8, 4) is 0 Å². The fraction of sp³-hybridized carbons (Fsp3) is 0.370. The van der Waals surface area contributed by atoms with E-state index in [1.807, 2.05) is 6.08 Å². The maximum absolute atomic E-state index is 4.26. The van der Waals surface area contributed by atoms with E-state index in [2.05, 4.69) is 101 Å². The summed E-state index contributed by atoms with van der Waals surface area (Å²) in [6.07, 6.45) is 7.60. The van der Waals surface area contributed by atoms with Gasteiger partial charge in [-0.25, -0.2) is 0 Å². The first-order chi connectivity index (χ1) is 13.3. The van der Waals surface area contributed by atoms with E-state index in [0.717, 1.165) is 24.5 Å². The van der Waals surface area contributed by atoms with Gasteiger partial charge in [0, 0.05) is 31.4 Å². The van der Waals surface area contributed by atoms with E-state index < -0.39 is 0 Å². The molecule has 28 heavy (non-hydrogen) atoms. The largest absolute Gasteiger partial charge is 0.211 e. The number of benzene rings is 2. The first kappa shape index (κ1) is 20.3. The number of para-hydroxylation sites is 1. The van der Waals surface area contributed by atoms with Crippen LogP contribution in [0.25, 0.3) is 12.2 Å². The van der Waals surface area contributed by atoms with E-state index in [1.165, 1.54) is 27.6 Å². The zero-order valence-electron chi connectivity index (χ0n) is 18.2. The lowest BCUT2D eigenvalue weighted by molar-refractivity contribution is -0.512. The van der Waals surface area contributed by atoms with Gasteiger partial charge in [-0.3, -0.25) is 0 Å². The maximum Gasteiger partial charge on any atom is 0.211 e. The number of hydrogen-bond acceptors (Lipinski definition) is 0. The van der Waals surface area contributed by atoms with E-state index in [4.69, 9.17) is 0 Å². The van der Waals surface area contributed by atoms with Gasteiger partial charge in [-0.15, -0.1) is 0 Å². The Balaban J connectivity index is 2.31. The summed E-state index contributed by atoms with van der Waals surface area (Å²) in [6, 6.07) is 15.1. The fourth-order valence-electron chi connectivity index (χ4n) is 4.98. The van der Waals surface area contributed by atoms with Crippen LogP contribution in [0, 0.1) is 5.41 Å². The number of hydrogen-bond donors (Lipinski definition) is 0.